The van der Waals surface area contributed by atoms with Crippen LogP contribution in [0, 0.1) is 17.5 Å². The normalized spacial score (nSPS) is 14.3. The minimum Gasteiger partial charge on any atom is -0.322 e. The van der Waals surface area contributed by atoms with Gasteiger partial charge in [0.2, 0.25) is 5.91 Å². The first-order valence-electron chi connectivity index (χ1n) is 7.42. The van der Waals surface area contributed by atoms with Crippen molar-refractivity contribution in [2.24, 2.45) is 0 Å². The average molecular weight is 397 g/mol. The van der Waals surface area contributed by atoms with Gasteiger partial charge in [-0.1, -0.05) is 6.07 Å². The molecule has 0 saturated carbocycles. The standard InChI is InChI=1S/C16H10F3N3O4S/c17-9-3-4-10(13(19)12(9)18)20-11(23)7-22-15(25)14(24)21(16(22)26)6-8-2-1-5-27-8/h1-5H,6-7H2,(H,20,23). The number of anilines is 1. The van der Waals surface area contributed by atoms with E-state index in [9.17, 15) is 32.3 Å². The number of urea groups is 1. The van der Waals surface area contributed by atoms with Crippen LogP contribution < -0.4 is 5.32 Å². The van der Waals surface area contributed by atoms with Crippen LogP contribution in [0.15, 0.2) is 29.6 Å². The lowest BCUT2D eigenvalue weighted by molar-refractivity contribution is -0.143. The molecule has 1 N–H and O–H groups in total. The van der Waals surface area contributed by atoms with Crippen LogP contribution in [0.4, 0.5) is 23.7 Å². The summed E-state index contributed by atoms with van der Waals surface area (Å²) in [6.07, 6.45) is 0. The molecule has 0 atom stereocenters. The predicted molar refractivity (Wildman–Crippen MR) is 86.9 cm³/mol. The van der Waals surface area contributed by atoms with E-state index in [2.05, 4.69) is 0 Å². The summed E-state index contributed by atoms with van der Waals surface area (Å²) in [5.74, 6) is -8.22. The smallest absolute Gasteiger partial charge is 0.322 e. The molecular formula is C16H10F3N3O4S. The number of thiophene rings is 1. The van der Waals surface area contributed by atoms with Gasteiger partial charge in [0.1, 0.15) is 6.54 Å². The van der Waals surface area contributed by atoms with Gasteiger partial charge in [-0.2, -0.15) is 0 Å². The van der Waals surface area contributed by atoms with Crippen molar-refractivity contribution in [1.29, 1.82) is 0 Å². The highest BCUT2D eigenvalue weighted by Gasteiger charge is 2.45. The molecule has 2 aromatic rings. The van der Waals surface area contributed by atoms with Gasteiger partial charge in [-0.05, 0) is 23.6 Å². The van der Waals surface area contributed by atoms with Crippen LogP contribution in [0.2, 0.25) is 0 Å². The quantitative estimate of drug-likeness (QED) is 0.476. The molecular weight excluding hydrogens is 387 g/mol. The predicted octanol–water partition coefficient (Wildman–Crippen LogP) is 2.09. The topological polar surface area (TPSA) is 86.8 Å². The zero-order valence-electron chi connectivity index (χ0n) is 13.4. The summed E-state index contributed by atoms with van der Waals surface area (Å²) >= 11 is 1.27. The third-order valence-corrected chi connectivity index (χ3v) is 4.50. The lowest BCUT2D eigenvalue weighted by Gasteiger charge is -2.15. The number of carbonyl (C=O) groups is 4. The molecule has 3 rings (SSSR count). The van der Waals surface area contributed by atoms with Crippen molar-refractivity contribution in [2.45, 2.75) is 6.54 Å². The molecule has 11 heteroatoms. The van der Waals surface area contributed by atoms with Crippen molar-refractivity contribution in [3.8, 4) is 0 Å². The molecule has 1 aromatic carbocycles. The van der Waals surface area contributed by atoms with Crippen LogP contribution in [0.25, 0.3) is 0 Å². The highest BCUT2D eigenvalue weighted by atomic mass is 32.1. The maximum Gasteiger partial charge on any atom is 0.335 e. The van der Waals surface area contributed by atoms with Crippen molar-refractivity contribution in [2.75, 3.05) is 11.9 Å². The van der Waals surface area contributed by atoms with E-state index >= 15 is 0 Å². The molecule has 1 aromatic heterocycles. The minimum absolute atomic E-state index is 0.128. The van der Waals surface area contributed by atoms with E-state index in [4.69, 9.17) is 0 Å². The second kappa shape index (κ2) is 7.19. The number of hydrogen-bond donors (Lipinski definition) is 1. The summed E-state index contributed by atoms with van der Waals surface area (Å²) in [6, 6.07) is 3.75. The van der Waals surface area contributed by atoms with Crippen molar-refractivity contribution in [1.82, 2.24) is 9.80 Å². The number of nitrogens with one attached hydrogen (secondary N) is 1. The SMILES string of the molecule is O=C(CN1C(=O)C(=O)N(Cc2cccs2)C1=O)Nc1ccc(F)c(F)c1F. The Morgan fingerprint density at radius 1 is 1.00 bits per heavy atom. The summed E-state index contributed by atoms with van der Waals surface area (Å²) in [5, 5.41) is 3.65. The monoisotopic (exact) mass is 397 g/mol. The molecule has 0 radical (unpaired) electrons. The number of amides is 5. The largest absolute Gasteiger partial charge is 0.335 e. The lowest BCUT2D eigenvalue weighted by atomic mass is 10.2. The highest BCUT2D eigenvalue weighted by molar-refractivity contribution is 7.09. The molecule has 1 saturated heterocycles. The third kappa shape index (κ3) is 3.53. The van der Waals surface area contributed by atoms with Crippen LogP contribution in [0.5, 0.6) is 0 Å². The molecule has 1 aliphatic rings. The van der Waals surface area contributed by atoms with Crippen LogP contribution in [-0.2, 0) is 20.9 Å². The Morgan fingerprint density at radius 3 is 2.37 bits per heavy atom. The Balaban J connectivity index is 1.70. The zero-order chi connectivity index (χ0) is 19.7. The molecule has 1 fully saturated rings. The molecule has 0 aliphatic carbocycles. The molecule has 2 heterocycles. The molecule has 27 heavy (non-hydrogen) atoms. The Kier molecular flexibility index (Phi) is 4.95. The number of benzene rings is 1. The van der Waals surface area contributed by atoms with Crippen LogP contribution >= 0.6 is 11.3 Å². The van der Waals surface area contributed by atoms with Gasteiger partial charge in [0.25, 0.3) is 0 Å². The Morgan fingerprint density at radius 2 is 1.70 bits per heavy atom. The van der Waals surface area contributed by atoms with Gasteiger partial charge in [0.15, 0.2) is 17.5 Å². The highest BCUT2D eigenvalue weighted by Crippen LogP contribution is 2.21. The Bertz CT molecular complexity index is 949. The summed E-state index contributed by atoms with van der Waals surface area (Å²) in [6.45, 7) is -1.01. The van der Waals surface area contributed by atoms with Crippen LogP contribution in [-0.4, -0.2) is 40.1 Å². The van der Waals surface area contributed by atoms with E-state index < -0.39 is 53.4 Å². The van der Waals surface area contributed by atoms with E-state index in [1.807, 2.05) is 5.32 Å². The molecule has 0 unspecified atom stereocenters. The number of hydrogen-bond acceptors (Lipinski definition) is 5. The molecule has 5 amide bonds. The van der Waals surface area contributed by atoms with Gasteiger partial charge >= 0.3 is 17.8 Å². The van der Waals surface area contributed by atoms with Crippen LogP contribution in [0.3, 0.4) is 0 Å². The molecule has 1 aliphatic heterocycles. The summed E-state index contributed by atoms with van der Waals surface area (Å²) < 4.78 is 39.7. The van der Waals surface area contributed by atoms with Gasteiger partial charge in [-0.25, -0.2) is 22.9 Å². The van der Waals surface area contributed by atoms with E-state index in [1.54, 1.807) is 17.5 Å². The molecule has 140 valence electrons. The minimum atomic E-state index is -1.78. The zero-order valence-corrected chi connectivity index (χ0v) is 14.2. The number of carbonyl (C=O) groups excluding carboxylic acids is 4. The second-order valence-electron chi connectivity index (χ2n) is 5.42. The van der Waals surface area contributed by atoms with Crippen molar-refractivity contribution >= 4 is 40.8 Å². The van der Waals surface area contributed by atoms with Gasteiger partial charge in [-0.3, -0.25) is 19.3 Å². The maximum atomic E-state index is 13.6. The molecule has 0 bridgehead atoms. The first kappa shape index (κ1) is 18.6. The van der Waals surface area contributed by atoms with E-state index in [1.165, 1.54) is 11.3 Å². The van der Waals surface area contributed by atoms with E-state index in [-0.39, 0.29) is 6.54 Å². The molecule has 7 nitrogen and oxygen atoms in total. The summed E-state index contributed by atoms with van der Waals surface area (Å²) in [7, 11) is 0. The molecule has 0 spiro atoms. The maximum absolute atomic E-state index is 13.6. The first-order valence-corrected chi connectivity index (χ1v) is 8.30. The Hall–Kier alpha value is -3.21. The average Bonchev–Trinajstić information content (AvgIpc) is 3.22. The van der Waals surface area contributed by atoms with E-state index in [0.29, 0.717) is 20.7 Å². The van der Waals surface area contributed by atoms with Gasteiger partial charge in [-0.15, -0.1) is 11.3 Å². The van der Waals surface area contributed by atoms with Crippen molar-refractivity contribution in [3.05, 3.63) is 52.0 Å². The number of halogens is 3. The van der Waals surface area contributed by atoms with Gasteiger partial charge in [0.05, 0.1) is 12.2 Å². The van der Waals surface area contributed by atoms with Crippen molar-refractivity contribution in [3.63, 3.8) is 0 Å². The number of imide groups is 2. The fraction of sp³-hybridized carbons (Fsp3) is 0.125. The summed E-state index contributed by atoms with van der Waals surface area (Å²) in [4.78, 5) is 49.9. The van der Waals surface area contributed by atoms with Gasteiger partial charge in [0, 0.05) is 4.88 Å². The van der Waals surface area contributed by atoms with Crippen molar-refractivity contribution < 1.29 is 32.3 Å². The first-order chi connectivity index (χ1) is 12.8. The summed E-state index contributed by atoms with van der Waals surface area (Å²) in [5.41, 5.74) is -0.667. The fourth-order valence-electron chi connectivity index (χ4n) is 2.34. The number of nitrogens with zero attached hydrogens (tertiary/aromatic N) is 2. The van der Waals surface area contributed by atoms with E-state index in [0.717, 1.165) is 6.07 Å². The third-order valence-electron chi connectivity index (χ3n) is 3.64. The lowest BCUT2D eigenvalue weighted by Crippen LogP contribution is -2.39. The van der Waals surface area contributed by atoms with Crippen LogP contribution in [0.1, 0.15) is 4.88 Å². The number of rotatable bonds is 5. The second-order valence-corrected chi connectivity index (χ2v) is 6.45. The van der Waals surface area contributed by atoms with Gasteiger partial charge < -0.3 is 5.32 Å². The fourth-order valence-corrected chi connectivity index (χ4v) is 3.04. The Labute approximate surface area is 154 Å².